The Morgan fingerprint density at radius 2 is 1.83 bits per heavy atom. The Balaban J connectivity index is 0.000000356. The molecule has 8 nitrogen and oxygen atoms in total. The van der Waals surface area contributed by atoms with Crippen LogP contribution in [0.2, 0.25) is 0 Å². The molecule has 2 radical (unpaired) electrons. The van der Waals surface area contributed by atoms with Crippen molar-refractivity contribution in [3.8, 4) is 11.5 Å². The molecule has 0 unspecified atom stereocenters. The molecule has 2 aromatic carbocycles. The maximum Gasteiger partial charge on any atom is 0.229 e. The third kappa shape index (κ3) is 6.39. The maximum atomic E-state index is 9.69. The molecule has 2 heterocycles. The topological polar surface area (TPSA) is 95.4 Å². The summed E-state index contributed by atoms with van der Waals surface area (Å²) < 4.78 is 5.11. The predicted molar refractivity (Wildman–Crippen MR) is 142 cm³/mol. The van der Waals surface area contributed by atoms with Gasteiger partial charge in [-0.05, 0) is 57.3 Å². The summed E-state index contributed by atoms with van der Waals surface area (Å²) in [5.41, 5.74) is 3.03. The third-order valence-corrected chi connectivity index (χ3v) is 5.87. The van der Waals surface area contributed by atoms with Crippen LogP contribution >= 0.6 is 0 Å². The van der Waals surface area contributed by atoms with E-state index in [9.17, 15) is 5.11 Å². The van der Waals surface area contributed by atoms with Gasteiger partial charge >= 0.3 is 0 Å². The highest BCUT2D eigenvalue weighted by Crippen LogP contribution is 2.29. The van der Waals surface area contributed by atoms with Gasteiger partial charge in [0.05, 0.1) is 24.5 Å². The van der Waals surface area contributed by atoms with Crippen LogP contribution in [0.3, 0.4) is 0 Å². The zero-order chi connectivity index (χ0) is 24.8. The summed E-state index contributed by atoms with van der Waals surface area (Å²) >= 11 is 0. The fourth-order valence-corrected chi connectivity index (χ4v) is 3.64. The quantitative estimate of drug-likeness (QED) is 0.287. The van der Waals surface area contributed by atoms with Crippen molar-refractivity contribution in [3.05, 3.63) is 60.9 Å². The molecular weight excluding hydrogens is 439 g/mol. The number of aromatic hydroxyl groups is 1. The molecule has 1 aliphatic rings. The Morgan fingerprint density at radius 1 is 1.00 bits per heavy atom. The molecule has 3 N–H and O–H groups in total. The van der Waals surface area contributed by atoms with E-state index < -0.39 is 0 Å². The smallest absolute Gasteiger partial charge is 0.229 e. The molecule has 5 rings (SSSR count). The predicted octanol–water partition coefficient (Wildman–Crippen LogP) is 4.12. The average molecular weight is 468 g/mol. The van der Waals surface area contributed by atoms with Gasteiger partial charge in [0.1, 0.15) is 13.7 Å². The highest BCUT2D eigenvalue weighted by Gasteiger charge is 2.18. The van der Waals surface area contributed by atoms with Gasteiger partial charge in [-0.3, -0.25) is 4.98 Å². The van der Waals surface area contributed by atoms with Gasteiger partial charge in [-0.15, -0.1) is 0 Å². The van der Waals surface area contributed by atoms with E-state index in [-0.39, 0.29) is 5.75 Å². The molecule has 1 aliphatic carbocycles. The van der Waals surface area contributed by atoms with Crippen LogP contribution in [0.15, 0.2) is 60.9 Å². The molecule has 2 aromatic heterocycles. The van der Waals surface area contributed by atoms with Crippen molar-refractivity contribution < 1.29 is 9.84 Å². The van der Waals surface area contributed by atoms with Gasteiger partial charge < -0.3 is 25.4 Å². The zero-order valence-electron chi connectivity index (χ0n) is 20.2. The number of phenolic OH excluding ortho intramolecular Hbond substituents is 1. The van der Waals surface area contributed by atoms with Gasteiger partial charge in [0, 0.05) is 29.4 Å². The van der Waals surface area contributed by atoms with Crippen molar-refractivity contribution in [2.45, 2.75) is 25.3 Å². The number of aromatic nitrogens is 3. The Labute approximate surface area is 206 Å². The summed E-state index contributed by atoms with van der Waals surface area (Å²) in [6.07, 6.45) is 7.67. The first kappa shape index (κ1) is 24.3. The van der Waals surface area contributed by atoms with Crippen LogP contribution in [0.5, 0.6) is 11.5 Å². The SMILES string of the molecule is CN(C)C1CCC1.[B]c1ccc2ncc(Nc3ccnc(Nc4ccc(O)c(OC)c4)n3)cc2c1. The van der Waals surface area contributed by atoms with Gasteiger partial charge in [-0.25, -0.2) is 4.98 Å². The van der Waals surface area contributed by atoms with Crippen molar-refractivity contribution >= 4 is 47.4 Å². The number of phenols is 1. The third-order valence-electron chi connectivity index (χ3n) is 5.87. The summed E-state index contributed by atoms with van der Waals surface area (Å²) in [7, 11) is 11.7. The number of nitrogens with zero attached hydrogens (tertiary/aromatic N) is 4. The van der Waals surface area contributed by atoms with E-state index in [2.05, 4.69) is 44.6 Å². The van der Waals surface area contributed by atoms with Gasteiger partial charge in [0.15, 0.2) is 11.5 Å². The highest BCUT2D eigenvalue weighted by molar-refractivity contribution is 6.33. The molecule has 0 saturated heterocycles. The second kappa shape index (κ2) is 11.1. The van der Waals surface area contributed by atoms with Crippen LogP contribution in [0.1, 0.15) is 19.3 Å². The van der Waals surface area contributed by atoms with Crippen LogP contribution in [-0.2, 0) is 0 Å². The number of pyridine rings is 1. The molecule has 0 amide bonds. The van der Waals surface area contributed by atoms with Crippen molar-refractivity contribution in [1.82, 2.24) is 19.9 Å². The van der Waals surface area contributed by atoms with Crippen LogP contribution in [-0.4, -0.2) is 60.1 Å². The minimum atomic E-state index is 0.0637. The summed E-state index contributed by atoms with van der Waals surface area (Å²) in [5, 5.41) is 16.9. The minimum absolute atomic E-state index is 0.0637. The lowest BCUT2D eigenvalue weighted by Crippen LogP contribution is -2.33. The number of nitrogens with one attached hydrogen (secondary N) is 2. The van der Waals surface area contributed by atoms with E-state index in [0.29, 0.717) is 28.7 Å². The van der Waals surface area contributed by atoms with E-state index in [0.717, 1.165) is 22.6 Å². The Kier molecular flexibility index (Phi) is 7.67. The van der Waals surface area contributed by atoms with Crippen LogP contribution in [0.25, 0.3) is 10.9 Å². The number of benzene rings is 2. The first-order chi connectivity index (χ1) is 16.9. The standard InChI is InChI=1S/C20H16BN5O2.C6H13N/c1-28-18-10-14(3-5-17(18)27)25-20-22-7-6-19(26-20)24-15-9-12-8-13(21)2-4-16(12)23-11-15;1-7(2)6-4-3-5-6/h2-11,27H,1H3,(H2,22,24,25,26);6H,3-5H2,1-2H3. The normalized spacial score (nSPS) is 13.0. The fraction of sp³-hybridized carbons (Fsp3) is 0.269. The molecule has 0 bridgehead atoms. The molecule has 9 heteroatoms. The Hall–Kier alpha value is -3.85. The molecule has 0 aliphatic heterocycles. The van der Waals surface area contributed by atoms with E-state index in [1.807, 2.05) is 24.3 Å². The second-order valence-corrected chi connectivity index (χ2v) is 8.63. The van der Waals surface area contributed by atoms with Gasteiger partial charge in [0.25, 0.3) is 0 Å². The minimum Gasteiger partial charge on any atom is -0.504 e. The number of methoxy groups -OCH3 is 1. The number of rotatable bonds is 6. The largest absolute Gasteiger partial charge is 0.504 e. The number of hydrogen-bond acceptors (Lipinski definition) is 8. The van der Waals surface area contributed by atoms with E-state index >= 15 is 0 Å². The van der Waals surface area contributed by atoms with Crippen molar-refractivity contribution in [1.29, 1.82) is 0 Å². The van der Waals surface area contributed by atoms with Crippen molar-refractivity contribution in [2.75, 3.05) is 31.8 Å². The number of ether oxygens (including phenoxy) is 1. The number of fused-ring (bicyclic) bond motifs is 1. The summed E-state index contributed by atoms with van der Waals surface area (Å²) in [6.45, 7) is 0. The molecule has 35 heavy (non-hydrogen) atoms. The van der Waals surface area contributed by atoms with E-state index in [1.165, 1.54) is 32.4 Å². The maximum absolute atomic E-state index is 9.69. The van der Waals surface area contributed by atoms with Gasteiger partial charge in [-0.1, -0.05) is 24.0 Å². The summed E-state index contributed by atoms with van der Waals surface area (Å²) in [4.78, 5) is 15.4. The summed E-state index contributed by atoms with van der Waals surface area (Å²) in [5.74, 6) is 1.43. The molecule has 4 aromatic rings. The lowest BCUT2D eigenvalue weighted by molar-refractivity contribution is 0.193. The zero-order valence-corrected chi connectivity index (χ0v) is 20.2. The molecule has 1 fully saturated rings. The molecular formula is C26H29BN6O2. The van der Waals surface area contributed by atoms with Crippen molar-refractivity contribution in [3.63, 3.8) is 0 Å². The first-order valence-corrected chi connectivity index (χ1v) is 11.5. The molecule has 178 valence electrons. The lowest BCUT2D eigenvalue weighted by Gasteiger charge is -2.31. The Morgan fingerprint density at radius 3 is 2.51 bits per heavy atom. The van der Waals surface area contributed by atoms with Crippen LogP contribution < -0.4 is 20.8 Å². The Bertz CT molecular complexity index is 1300. The lowest BCUT2D eigenvalue weighted by atomic mass is 9.92. The van der Waals surface area contributed by atoms with E-state index in [4.69, 9.17) is 12.6 Å². The van der Waals surface area contributed by atoms with Crippen molar-refractivity contribution in [2.24, 2.45) is 0 Å². The van der Waals surface area contributed by atoms with Gasteiger partial charge in [0.2, 0.25) is 5.95 Å². The van der Waals surface area contributed by atoms with Gasteiger partial charge in [-0.2, -0.15) is 4.98 Å². The first-order valence-electron chi connectivity index (χ1n) is 11.5. The highest BCUT2D eigenvalue weighted by atomic mass is 16.5. The van der Waals surface area contributed by atoms with E-state index in [1.54, 1.807) is 30.6 Å². The fourth-order valence-electron chi connectivity index (χ4n) is 3.64. The molecule has 1 saturated carbocycles. The second-order valence-electron chi connectivity index (χ2n) is 8.63. The summed E-state index contributed by atoms with van der Waals surface area (Å²) in [6, 6.07) is 15.1. The monoisotopic (exact) mass is 468 g/mol. The number of anilines is 4. The number of hydrogen-bond donors (Lipinski definition) is 3. The molecule has 0 atom stereocenters. The van der Waals surface area contributed by atoms with Crippen LogP contribution in [0, 0.1) is 0 Å². The molecule has 0 spiro atoms. The van der Waals surface area contributed by atoms with Crippen LogP contribution in [0.4, 0.5) is 23.1 Å². The average Bonchev–Trinajstić information content (AvgIpc) is 2.79.